The van der Waals surface area contributed by atoms with Crippen LogP contribution in [0.15, 0.2) is 24.4 Å². The van der Waals surface area contributed by atoms with E-state index in [0.717, 1.165) is 0 Å². The number of nitrogens with zero attached hydrogens (tertiary/aromatic N) is 1. The van der Waals surface area contributed by atoms with Crippen LogP contribution in [0.2, 0.25) is 0 Å². The second-order valence-electron chi connectivity index (χ2n) is 5.60. The molecule has 2 heteroatoms. The van der Waals surface area contributed by atoms with Crippen LogP contribution in [-0.2, 0) is 12.5 Å². The first kappa shape index (κ1) is 10.8. The molecule has 0 aliphatic heterocycles. The number of rotatable bonds is 2. The minimum atomic E-state index is 0.254. The molecule has 0 radical (unpaired) electrons. The fourth-order valence-electron chi connectivity index (χ4n) is 3.04. The Kier molecular flexibility index (Phi) is 2.14. The molecule has 1 saturated carbocycles. The summed E-state index contributed by atoms with van der Waals surface area (Å²) < 4.78 is 2.19. The van der Waals surface area contributed by atoms with Crippen molar-refractivity contribution in [3.05, 3.63) is 35.5 Å². The Bertz CT molecular complexity index is 574. The summed E-state index contributed by atoms with van der Waals surface area (Å²) in [5.74, 6) is 0. The molecule has 17 heavy (non-hydrogen) atoms. The average molecular weight is 228 g/mol. The molecule has 2 N–H and O–H groups in total. The van der Waals surface area contributed by atoms with Gasteiger partial charge in [-0.1, -0.05) is 6.07 Å². The number of nitrogens with two attached hydrogens (primary N) is 1. The molecule has 1 unspecified atom stereocenters. The summed E-state index contributed by atoms with van der Waals surface area (Å²) in [6.45, 7) is 4.31. The Morgan fingerprint density at radius 1 is 1.35 bits per heavy atom. The van der Waals surface area contributed by atoms with Crippen LogP contribution in [0.25, 0.3) is 10.9 Å². The van der Waals surface area contributed by atoms with Crippen molar-refractivity contribution in [3.63, 3.8) is 0 Å². The third-order valence-corrected chi connectivity index (χ3v) is 4.42. The van der Waals surface area contributed by atoms with Gasteiger partial charge < -0.3 is 10.3 Å². The van der Waals surface area contributed by atoms with Crippen LogP contribution < -0.4 is 5.73 Å². The summed E-state index contributed by atoms with van der Waals surface area (Å²) in [4.78, 5) is 0. The Morgan fingerprint density at radius 3 is 2.65 bits per heavy atom. The Labute approximate surface area is 102 Å². The van der Waals surface area contributed by atoms with Crippen molar-refractivity contribution in [3.8, 4) is 0 Å². The molecule has 1 aliphatic rings. The van der Waals surface area contributed by atoms with Gasteiger partial charge in [0.05, 0.1) is 0 Å². The zero-order valence-corrected chi connectivity index (χ0v) is 10.8. The van der Waals surface area contributed by atoms with Crippen LogP contribution in [0.4, 0.5) is 0 Å². The fraction of sp³-hybridized carbons (Fsp3) is 0.467. The van der Waals surface area contributed by atoms with Crippen LogP contribution in [0.5, 0.6) is 0 Å². The molecule has 1 heterocycles. The topological polar surface area (TPSA) is 30.9 Å². The third kappa shape index (κ3) is 1.44. The van der Waals surface area contributed by atoms with Gasteiger partial charge in [-0.3, -0.25) is 0 Å². The minimum Gasteiger partial charge on any atom is -0.350 e. The van der Waals surface area contributed by atoms with Crippen molar-refractivity contribution in [2.75, 3.05) is 0 Å². The van der Waals surface area contributed by atoms with Gasteiger partial charge in [0.15, 0.2) is 0 Å². The van der Waals surface area contributed by atoms with Crippen molar-refractivity contribution in [1.29, 1.82) is 0 Å². The molecular formula is C15H20N2. The highest BCUT2D eigenvalue weighted by atomic mass is 14.9. The highest BCUT2D eigenvalue weighted by molar-refractivity contribution is 5.84. The van der Waals surface area contributed by atoms with E-state index in [1.54, 1.807) is 0 Å². The lowest BCUT2D eigenvalue weighted by molar-refractivity contribution is 0.557. The van der Waals surface area contributed by atoms with E-state index in [4.69, 9.17) is 5.73 Å². The normalized spacial score (nSPS) is 19.5. The first-order valence-electron chi connectivity index (χ1n) is 6.36. The van der Waals surface area contributed by atoms with Gasteiger partial charge in [-0.05, 0) is 49.9 Å². The van der Waals surface area contributed by atoms with Crippen molar-refractivity contribution < 1.29 is 0 Å². The van der Waals surface area contributed by atoms with Crippen molar-refractivity contribution in [2.45, 2.75) is 38.1 Å². The van der Waals surface area contributed by atoms with E-state index >= 15 is 0 Å². The summed E-state index contributed by atoms with van der Waals surface area (Å²) in [6, 6.07) is 7.10. The molecule has 0 saturated heterocycles. The lowest BCUT2D eigenvalue weighted by Gasteiger charge is -2.20. The maximum atomic E-state index is 6.15. The molecular weight excluding hydrogens is 208 g/mol. The number of hydrogen-bond acceptors (Lipinski definition) is 1. The van der Waals surface area contributed by atoms with Crippen molar-refractivity contribution >= 4 is 10.9 Å². The lowest BCUT2D eigenvalue weighted by atomic mass is 9.88. The van der Waals surface area contributed by atoms with E-state index in [1.165, 1.54) is 34.9 Å². The molecule has 0 bridgehead atoms. The quantitative estimate of drug-likeness (QED) is 0.842. The molecule has 1 atom stereocenters. The predicted molar refractivity (Wildman–Crippen MR) is 72.2 cm³/mol. The molecule has 3 rings (SSSR count). The summed E-state index contributed by atoms with van der Waals surface area (Å²) in [6.07, 6.45) is 4.67. The summed E-state index contributed by atoms with van der Waals surface area (Å²) in [5.41, 5.74) is 10.5. The van der Waals surface area contributed by atoms with Gasteiger partial charge in [0.25, 0.3) is 0 Å². The lowest BCUT2D eigenvalue weighted by Crippen LogP contribution is -2.31. The molecule has 90 valence electrons. The van der Waals surface area contributed by atoms with Gasteiger partial charge in [-0.15, -0.1) is 0 Å². The van der Waals surface area contributed by atoms with Crippen LogP contribution in [0, 0.1) is 6.92 Å². The largest absolute Gasteiger partial charge is 0.350 e. The Balaban J connectivity index is 2.17. The van der Waals surface area contributed by atoms with E-state index in [-0.39, 0.29) is 11.5 Å². The smallest absolute Gasteiger partial charge is 0.0480 e. The van der Waals surface area contributed by atoms with E-state index in [1.807, 2.05) is 0 Å². The van der Waals surface area contributed by atoms with Crippen molar-refractivity contribution in [2.24, 2.45) is 12.8 Å². The molecule has 1 fully saturated rings. The zero-order valence-electron chi connectivity index (χ0n) is 10.8. The predicted octanol–water partition coefficient (Wildman–Crippen LogP) is 2.87. The summed E-state index contributed by atoms with van der Waals surface area (Å²) >= 11 is 0. The van der Waals surface area contributed by atoms with Gasteiger partial charge in [0, 0.05) is 35.6 Å². The zero-order chi connectivity index (χ0) is 12.2. The number of hydrogen-bond donors (Lipinski definition) is 1. The average Bonchev–Trinajstić information content (AvgIpc) is 3.04. The van der Waals surface area contributed by atoms with Gasteiger partial charge in [-0.25, -0.2) is 0 Å². The number of aryl methyl sites for hydroxylation is 2. The maximum absolute atomic E-state index is 6.15. The number of fused-ring (bicyclic) bond motifs is 1. The highest BCUT2D eigenvalue weighted by Crippen LogP contribution is 2.50. The Morgan fingerprint density at radius 2 is 2.06 bits per heavy atom. The minimum absolute atomic E-state index is 0.254. The van der Waals surface area contributed by atoms with E-state index < -0.39 is 0 Å². The van der Waals surface area contributed by atoms with Gasteiger partial charge in [0.2, 0.25) is 0 Å². The van der Waals surface area contributed by atoms with E-state index in [2.05, 4.69) is 49.9 Å². The van der Waals surface area contributed by atoms with Gasteiger partial charge >= 0.3 is 0 Å². The van der Waals surface area contributed by atoms with E-state index in [0.29, 0.717) is 0 Å². The first-order valence-corrected chi connectivity index (χ1v) is 6.36. The second-order valence-corrected chi connectivity index (χ2v) is 5.60. The van der Waals surface area contributed by atoms with Crippen LogP contribution in [0.1, 0.15) is 30.9 Å². The van der Waals surface area contributed by atoms with Gasteiger partial charge in [-0.2, -0.15) is 0 Å². The van der Waals surface area contributed by atoms with Crippen LogP contribution >= 0.6 is 0 Å². The van der Waals surface area contributed by atoms with Crippen molar-refractivity contribution in [1.82, 2.24) is 4.57 Å². The van der Waals surface area contributed by atoms with Crippen LogP contribution in [0.3, 0.4) is 0 Å². The van der Waals surface area contributed by atoms with E-state index in [9.17, 15) is 0 Å². The number of aromatic nitrogens is 1. The molecule has 1 aromatic carbocycles. The molecule has 2 aromatic rings. The Hall–Kier alpha value is -1.28. The molecule has 0 spiro atoms. The molecule has 2 nitrogen and oxygen atoms in total. The summed E-state index contributed by atoms with van der Waals surface area (Å²) in [5, 5.41) is 1.37. The second kappa shape index (κ2) is 3.36. The highest BCUT2D eigenvalue weighted by Gasteiger charge is 2.47. The van der Waals surface area contributed by atoms with Gasteiger partial charge in [0.1, 0.15) is 0 Å². The fourth-order valence-corrected chi connectivity index (χ4v) is 3.04. The number of benzene rings is 1. The first-order chi connectivity index (χ1) is 8.04. The molecule has 1 aliphatic carbocycles. The standard InChI is InChI=1S/C15H20N2/c1-10-9-17(3)14-5-4-12(8-13(10)14)15(6-7-15)11(2)16/h4-5,8-9,11H,6-7,16H2,1-3H3. The monoisotopic (exact) mass is 228 g/mol. The van der Waals surface area contributed by atoms with Crippen LogP contribution in [-0.4, -0.2) is 10.6 Å². The third-order valence-electron chi connectivity index (χ3n) is 4.42. The molecule has 1 aromatic heterocycles. The molecule has 0 amide bonds. The summed E-state index contributed by atoms with van der Waals surface area (Å²) in [7, 11) is 2.10. The maximum Gasteiger partial charge on any atom is 0.0480 e. The SMILES string of the molecule is Cc1cn(C)c2ccc(C3(C(C)N)CC3)cc12.